The Morgan fingerprint density at radius 3 is 2.74 bits per heavy atom. The molecule has 0 aliphatic carbocycles. The van der Waals surface area contributed by atoms with Crippen LogP contribution in [0.5, 0.6) is 10.8 Å². The highest BCUT2D eigenvalue weighted by molar-refractivity contribution is 9.10. The van der Waals surface area contributed by atoms with Crippen LogP contribution in [0.4, 0.5) is 5.69 Å². The second kappa shape index (κ2) is 5.68. The number of rotatable bonds is 4. The van der Waals surface area contributed by atoms with Gasteiger partial charge in [-0.15, -0.1) is 0 Å². The highest BCUT2D eigenvalue weighted by Crippen LogP contribution is 2.43. The SMILES string of the molecule is CC(O)c1cc([N+](=O)[O-])c(Oc2ccccc2Br)s1. The highest BCUT2D eigenvalue weighted by atomic mass is 79.9. The van der Waals surface area contributed by atoms with Crippen LogP contribution in [0.1, 0.15) is 17.9 Å². The molecule has 0 spiro atoms. The second-order valence-electron chi connectivity index (χ2n) is 3.79. The molecule has 0 saturated heterocycles. The zero-order valence-electron chi connectivity index (χ0n) is 9.87. The van der Waals surface area contributed by atoms with E-state index >= 15 is 0 Å². The minimum absolute atomic E-state index is 0.142. The molecule has 0 amide bonds. The van der Waals surface area contributed by atoms with Gasteiger partial charge in [0.15, 0.2) is 0 Å². The van der Waals surface area contributed by atoms with Crippen molar-refractivity contribution in [1.82, 2.24) is 0 Å². The van der Waals surface area contributed by atoms with Crippen molar-refractivity contribution < 1.29 is 14.8 Å². The summed E-state index contributed by atoms with van der Waals surface area (Å²) in [5.74, 6) is 0.490. The topological polar surface area (TPSA) is 72.6 Å². The van der Waals surface area contributed by atoms with Gasteiger partial charge in [-0.1, -0.05) is 23.5 Å². The number of ether oxygens (including phenoxy) is 1. The zero-order chi connectivity index (χ0) is 14.0. The molecule has 0 fully saturated rings. The lowest BCUT2D eigenvalue weighted by Crippen LogP contribution is -1.89. The van der Waals surface area contributed by atoms with Crippen molar-refractivity contribution in [2.75, 3.05) is 0 Å². The van der Waals surface area contributed by atoms with Crippen LogP contribution in [0.25, 0.3) is 0 Å². The Labute approximate surface area is 121 Å². The van der Waals surface area contributed by atoms with E-state index in [1.54, 1.807) is 25.1 Å². The number of benzene rings is 1. The van der Waals surface area contributed by atoms with Crippen LogP contribution in [0, 0.1) is 10.1 Å². The lowest BCUT2D eigenvalue weighted by Gasteiger charge is -2.04. The quantitative estimate of drug-likeness (QED) is 0.664. The predicted molar refractivity (Wildman–Crippen MR) is 75.8 cm³/mol. The maximum Gasteiger partial charge on any atom is 0.323 e. The zero-order valence-corrected chi connectivity index (χ0v) is 12.3. The summed E-state index contributed by atoms with van der Waals surface area (Å²) in [5.41, 5.74) is -0.142. The molecule has 0 bridgehead atoms. The van der Waals surface area contributed by atoms with E-state index < -0.39 is 11.0 Å². The Kier molecular flexibility index (Phi) is 4.18. The van der Waals surface area contributed by atoms with Crippen LogP contribution < -0.4 is 4.74 Å². The molecule has 100 valence electrons. The number of nitro groups is 1. The van der Waals surface area contributed by atoms with E-state index in [1.807, 2.05) is 6.07 Å². The largest absolute Gasteiger partial charge is 0.439 e. The van der Waals surface area contributed by atoms with E-state index in [-0.39, 0.29) is 10.8 Å². The van der Waals surface area contributed by atoms with E-state index in [0.29, 0.717) is 15.1 Å². The number of halogens is 1. The van der Waals surface area contributed by atoms with Crippen LogP contribution in [-0.4, -0.2) is 10.0 Å². The summed E-state index contributed by atoms with van der Waals surface area (Å²) in [5, 5.41) is 20.6. The highest BCUT2D eigenvalue weighted by Gasteiger charge is 2.23. The number of hydrogen-bond donors (Lipinski definition) is 1. The van der Waals surface area contributed by atoms with E-state index in [9.17, 15) is 15.2 Å². The normalized spacial score (nSPS) is 12.2. The molecule has 0 saturated carbocycles. The second-order valence-corrected chi connectivity index (χ2v) is 5.69. The number of aliphatic hydroxyl groups is 1. The fraction of sp³-hybridized carbons (Fsp3) is 0.167. The summed E-state index contributed by atoms with van der Waals surface area (Å²) < 4.78 is 6.26. The third-order valence-corrected chi connectivity index (χ3v) is 4.17. The molecular weight excluding hydrogens is 334 g/mol. The third kappa shape index (κ3) is 3.12. The maximum absolute atomic E-state index is 11.0. The van der Waals surface area contributed by atoms with E-state index in [2.05, 4.69) is 15.9 Å². The van der Waals surface area contributed by atoms with Gasteiger partial charge in [-0.25, -0.2) is 0 Å². The van der Waals surface area contributed by atoms with Gasteiger partial charge in [-0.05, 0) is 35.0 Å². The van der Waals surface area contributed by atoms with Gasteiger partial charge >= 0.3 is 5.69 Å². The van der Waals surface area contributed by atoms with Gasteiger partial charge in [0.05, 0.1) is 15.5 Å². The standard InChI is InChI=1S/C12H10BrNO4S/c1-7(15)11-6-9(14(16)17)12(19-11)18-10-5-3-2-4-8(10)13/h2-7,15H,1H3. The number of aliphatic hydroxyl groups excluding tert-OH is 1. The van der Waals surface area contributed by atoms with Crippen molar-refractivity contribution in [1.29, 1.82) is 0 Å². The summed E-state index contributed by atoms with van der Waals surface area (Å²) in [6, 6.07) is 8.41. The molecule has 1 aromatic carbocycles. The summed E-state index contributed by atoms with van der Waals surface area (Å²) in [6.07, 6.45) is -0.764. The summed E-state index contributed by atoms with van der Waals surface area (Å²) in [4.78, 5) is 10.9. The lowest BCUT2D eigenvalue weighted by molar-refractivity contribution is -0.385. The van der Waals surface area contributed by atoms with Gasteiger partial charge in [-0.2, -0.15) is 0 Å². The summed E-state index contributed by atoms with van der Waals surface area (Å²) in [6.45, 7) is 1.55. The lowest BCUT2D eigenvalue weighted by atomic mass is 10.3. The Hall–Kier alpha value is -1.44. The molecule has 0 radical (unpaired) electrons. The van der Waals surface area contributed by atoms with Crippen molar-refractivity contribution in [3.8, 4) is 10.8 Å². The van der Waals surface area contributed by atoms with Gasteiger partial charge in [0.1, 0.15) is 5.75 Å². The monoisotopic (exact) mass is 343 g/mol. The Bertz CT molecular complexity index is 612. The van der Waals surface area contributed by atoms with Crippen molar-refractivity contribution >= 4 is 33.0 Å². The average Bonchev–Trinajstić information content (AvgIpc) is 2.76. The molecule has 1 unspecified atom stereocenters. The first-order chi connectivity index (χ1) is 8.99. The van der Waals surface area contributed by atoms with Crippen LogP contribution in [-0.2, 0) is 0 Å². The van der Waals surface area contributed by atoms with Crippen molar-refractivity contribution in [3.63, 3.8) is 0 Å². The maximum atomic E-state index is 11.0. The molecule has 1 aromatic heterocycles. The molecule has 0 aliphatic heterocycles. The Morgan fingerprint density at radius 1 is 1.47 bits per heavy atom. The Balaban J connectivity index is 2.39. The van der Waals surface area contributed by atoms with Crippen molar-refractivity contribution in [2.45, 2.75) is 13.0 Å². The molecule has 2 aromatic rings. The molecule has 7 heteroatoms. The fourth-order valence-corrected chi connectivity index (χ4v) is 2.71. The smallest absolute Gasteiger partial charge is 0.323 e. The summed E-state index contributed by atoms with van der Waals surface area (Å²) in [7, 11) is 0. The third-order valence-electron chi connectivity index (χ3n) is 2.35. The average molecular weight is 344 g/mol. The van der Waals surface area contributed by atoms with Crippen molar-refractivity contribution in [3.05, 3.63) is 49.8 Å². The molecule has 2 rings (SSSR count). The first-order valence-electron chi connectivity index (χ1n) is 5.37. The van der Waals surface area contributed by atoms with E-state index in [1.165, 1.54) is 6.07 Å². The number of thiophene rings is 1. The predicted octanol–water partition coefficient (Wildman–Crippen LogP) is 4.26. The Morgan fingerprint density at radius 2 is 2.16 bits per heavy atom. The van der Waals surface area contributed by atoms with Gasteiger partial charge in [0, 0.05) is 10.9 Å². The number of nitrogens with zero attached hydrogens (tertiary/aromatic N) is 1. The van der Waals surface area contributed by atoms with E-state index in [0.717, 1.165) is 11.3 Å². The summed E-state index contributed by atoms with van der Waals surface area (Å²) >= 11 is 4.38. The number of para-hydroxylation sites is 1. The van der Waals surface area contributed by atoms with Gasteiger partial charge in [0.2, 0.25) is 0 Å². The molecule has 5 nitrogen and oxygen atoms in total. The van der Waals surface area contributed by atoms with E-state index in [4.69, 9.17) is 4.74 Å². The molecule has 1 N–H and O–H groups in total. The number of hydrogen-bond acceptors (Lipinski definition) is 5. The van der Waals surface area contributed by atoms with Gasteiger partial charge in [-0.3, -0.25) is 10.1 Å². The molecule has 1 heterocycles. The minimum Gasteiger partial charge on any atom is -0.439 e. The van der Waals surface area contributed by atoms with Crippen LogP contribution in [0.2, 0.25) is 0 Å². The fourth-order valence-electron chi connectivity index (χ4n) is 1.42. The first-order valence-corrected chi connectivity index (χ1v) is 6.98. The molecule has 0 aliphatic rings. The molecule has 1 atom stereocenters. The molecule has 19 heavy (non-hydrogen) atoms. The first kappa shape index (κ1) is 14.0. The molecular formula is C12H10BrNO4S. The minimum atomic E-state index is -0.764. The van der Waals surface area contributed by atoms with Crippen LogP contribution >= 0.6 is 27.3 Å². The van der Waals surface area contributed by atoms with Crippen LogP contribution in [0.3, 0.4) is 0 Å². The van der Waals surface area contributed by atoms with Gasteiger partial charge < -0.3 is 9.84 Å². The van der Waals surface area contributed by atoms with Crippen molar-refractivity contribution in [2.24, 2.45) is 0 Å². The van der Waals surface area contributed by atoms with Gasteiger partial charge in [0.25, 0.3) is 5.06 Å². The van der Waals surface area contributed by atoms with Crippen LogP contribution in [0.15, 0.2) is 34.8 Å².